The van der Waals surface area contributed by atoms with Crippen LogP contribution in [0.3, 0.4) is 0 Å². The smallest absolute Gasteiger partial charge is 0.243 e. The molecule has 1 aromatic rings. The van der Waals surface area contributed by atoms with Crippen LogP contribution in [0.2, 0.25) is 5.02 Å². The Labute approximate surface area is 123 Å². The summed E-state index contributed by atoms with van der Waals surface area (Å²) in [5.41, 5.74) is 5.67. The van der Waals surface area contributed by atoms with Gasteiger partial charge in [-0.1, -0.05) is 11.6 Å². The molecule has 0 aliphatic heterocycles. The third-order valence-corrected chi connectivity index (χ3v) is 4.50. The van der Waals surface area contributed by atoms with Gasteiger partial charge in [-0.15, -0.1) is 0 Å². The van der Waals surface area contributed by atoms with Crippen molar-refractivity contribution in [3.63, 3.8) is 0 Å². The Bertz CT molecular complexity index is 586. The summed E-state index contributed by atoms with van der Waals surface area (Å²) in [5.74, 6) is -0.286. The van der Waals surface area contributed by atoms with Crippen LogP contribution in [-0.2, 0) is 14.8 Å². The summed E-state index contributed by atoms with van der Waals surface area (Å²) in [4.78, 5) is 13.2. The van der Waals surface area contributed by atoms with Crippen LogP contribution < -0.4 is 10.5 Å². The lowest BCUT2D eigenvalue weighted by Gasteiger charge is -2.18. The van der Waals surface area contributed by atoms with Crippen molar-refractivity contribution in [2.75, 3.05) is 25.4 Å². The summed E-state index contributed by atoms with van der Waals surface area (Å²) >= 11 is 5.72. The van der Waals surface area contributed by atoms with Gasteiger partial charge in [-0.25, -0.2) is 13.1 Å². The van der Waals surface area contributed by atoms with E-state index >= 15 is 0 Å². The molecule has 0 aliphatic rings. The molecule has 6 nitrogen and oxygen atoms in total. The topological polar surface area (TPSA) is 92.5 Å². The van der Waals surface area contributed by atoms with Gasteiger partial charge < -0.3 is 10.6 Å². The summed E-state index contributed by atoms with van der Waals surface area (Å²) in [5, 5.41) is 0.348. The molecule has 0 radical (unpaired) electrons. The lowest BCUT2D eigenvalue weighted by atomic mass is 10.3. The number of benzene rings is 1. The van der Waals surface area contributed by atoms with Crippen LogP contribution >= 0.6 is 11.6 Å². The first-order chi connectivity index (χ1) is 9.31. The normalized spacial score (nSPS) is 11.3. The highest BCUT2D eigenvalue weighted by Crippen LogP contribution is 2.22. The summed E-state index contributed by atoms with van der Waals surface area (Å²) in [6.45, 7) is 4.41. The monoisotopic (exact) mass is 319 g/mol. The molecule has 20 heavy (non-hydrogen) atoms. The molecule has 0 spiro atoms. The van der Waals surface area contributed by atoms with Crippen LogP contribution in [0.15, 0.2) is 23.1 Å². The number of nitrogen functional groups attached to an aromatic ring is 1. The van der Waals surface area contributed by atoms with Crippen molar-refractivity contribution in [1.82, 2.24) is 9.62 Å². The second-order valence-corrected chi connectivity index (χ2v) is 6.24. The van der Waals surface area contributed by atoms with Crippen LogP contribution in [0, 0.1) is 0 Å². The zero-order valence-electron chi connectivity index (χ0n) is 11.4. The van der Waals surface area contributed by atoms with E-state index in [2.05, 4.69) is 4.72 Å². The first kappa shape index (κ1) is 16.7. The van der Waals surface area contributed by atoms with Gasteiger partial charge in [-0.3, -0.25) is 4.79 Å². The molecule has 0 aromatic heterocycles. The predicted molar refractivity (Wildman–Crippen MR) is 79.0 cm³/mol. The number of sulfonamides is 1. The average Bonchev–Trinajstić information content (AvgIpc) is 2.37. The summed E-state index contributed by atoms with van der Waals surface area (Å²) < 4.78 is 26.4. The number of amides is 1. The second-order valence-electron chi connectivity index (χ2n) is 4.07. The van der Waals surface area contributed by atoms with Gasteiger partial charge in [-0.2, -0.15) is 0 Å². The molecule has 0 fully saturated rings. The second kappa shape index (κ2) is 6.92. The number of carbonyl (C=O) groups excluding carboxylic acids is 1. The van der Waals surface area contributed by atoms with Gasteiger partial charge in [0.1, 0.15) is 4.90 Å². The van der Waals surface area contributed by atoms with Gasteiger partial charge >= 0.3 is 0 Å². The van der Waals surface area contributed by atoms with E-state index in [1.165, 1.54) is 23.1 Å². The van der Waals surface area contributed by atoms with Gasteiger partial charge in [-0.05, 0) is 32.0 Å². The molecule has 1 aromatic carbocycles. The molecule has 0 unspecified atom stereocenters. The van der Waals surface area contributed by atoms with E-state index in [4.69, 9.17) is 17.3 Å². The van der Waals surface area contributed by atoms with Crippen molar-refractivity contribution in [3.8, 4) is 0 Å². The predicted octanol–water partition coefficient (Wildman–Crippen LogP) is 1.07. The SMILES string of the molecule is CCN(CC)C(=O)CNS(=O)(=O)c1ccc(Cl)cc1N. The molecule has 3 N–H and O–H groups in total. The van der Waals surface area contributed by atoms with Crippen molar-refractivity contribution in [1.29, 1.82) is 0 Å². The number of nitrogens with two attached hydrogens (primary N) is 1. The molecular formula is C12H18ClN3O3S. The van der Waals surface area contributed by atoms with Crippen LogP contribution in [0.1, 0.15) is 13.8 Å². The maximum atomic E-state index is 12.1. The van der Waals surface area contributed by atoms with Gasteiger partial charge in [0.2, 0.25) is 15.9 Å². The highest BCUT2D eigenvalue weighted by atomic mass is 35.5. The maximum Gasteiger partial charge on any atom is 0.243 e. The quantitative estimate of drug-likeness (QED) is 0.767. The number of anilines is 1. The van der Waals surface area contributed by atoms with Gasteiger partial charge in [0.05, 0.1) is 12.2 Å². The molecular weight excluding hydrogens is 302 g/mol. The minimum absolute atomic E-state index is 0.0419. The molecule has 0 bridgehead atoms. The largest absolute Gasteiger partial charge is 0.398 e. The zero-order chi connectivity index (χ0) is 15.3. The Morgan fingerprint density at radius 1 is 1.35 bits per heavy atom. The number of hydrogen-bond acceptors (Lipinski definition) is 4. The maximum absolute atomic E-state index is 12.1. The third kappa shape index (κ3) is 4.09. The molecule has 1 amide bonds. The number of rotatable bonds is 6. The molecule has 0 atom stereocenters. The standard InChI is InChI=1S/C12H18ClN3O3S/c1-3-16(4-2)12(17)8-15-20(18,19)11-6-5-9(13)7-10(11)14/h5-7,15H,3-4,8,14H2,1-2H3. The van der Waals surface area contributed by atoms with Crippen molar-refractivity contribution >= 4 is 33.2 Å². The van der Waals surface area contributed by atoms with E-state index < -0.39 is 10.0 Å². The zero-order valence-corrected chi connectivity index (χ0v) is 13.0. The van der Waals surface area contributed by atoms with E-state index in [0.29, 0.717) is 18.1 Å². The molecule has 0 aliphatic carbocycles. The van der Waals surface area contributed by atoms with Crippen LogP contribution in [-0.4, -0.2) is 38.9 Å². The van der Waals surface area contributed by atoms with Crippen molar-refractivity contribution in [2.24, 2.45) is 0 Å². The van der Waals surface area contributed by atoms with Crippen LogP contribution in [0.5, 0.6) is 0 Å². The number of likely N-dealkylation sites (N-methyl/N-ethyl adjacent to an activating group) is 1. The minimum Gasteiger partial charge on any atom is -0.398 e. The van der Waals surface area contributed by atoms with Gasteiger partial charge in [0, 0.05) is 18.1 Å². The van der Waals surface area contributed by atoms with Crippen molar-refractivity contribution in [3.05, 3.63) is 23.2 Å². The van der Waals surface area contributed by atoms with E-state index in [9.17, 15) is 13.2 Å². The van der Waals surface area contributed by atoms with E-state index in [1.54, 1.807) is 0 Å². The van der Waals surface area contributed by atoms with Crippen molar-refractivity contribution in [2.45, 2.75) is 18.7 Å². The molecule has 0 saturated carbocycles. The summed E-state index contributed by atoms with van der Waals surface area (Å²) in [6, 6.07) is 4.09. The Hall–Kier alpha value is -1.31. The van der Waals surface area contributed by atoms with E-state index in [0.717, 1.165) is 0 Å². The third-order valence-electron chi connectivity index (χ3n) is 2.79. The van der Waals surface area contributed by atoms with Crippen LogP contribution in [0.25, 0.3) is 0 Å². The first-order valence-corrected chi connectivity index (χ1v) is 8.00. The first-order valence-electron chi connectivity index (χ1n) is 6.14. The molecule has 112 valence electrons. The Morgan fingerprint density at radius 3 is 2.45 bits per heavy atom. The lowest BCUT2D eigenvalue weighted by Crippen LogP contribution is -2.40. The van der Waals surface area contributed by atoms with Gasteiger partial charge in [0.25, 0.3) is 0 Å². The molecule has 0 heterocycles. The molecule has 0 saturated heterocycles. The Kier molecular flexibility index (Phi) is 5.79. The van der Waals surface area contributed by atoms with E-state index in [-0.39, 0.29) is 23.0 Å². The van der Waals surface area contributed by atoms with Crippen molar-refractivity contribution < 1.29 is 13.2 Å². The molecule has 8 heteroatoms. The highest BCUT2D eigenvalue weighted by Gasteiger charge is 2.20. The van der Waals surface area contributed by atoms with Gasteiger partial charge in [0.15, 0.2) is 0 Å². The Morgan fingerprint density at radius 2 is 1.95 bits per heavy atom. The minimum atomic E-state index is -3.83. The number of nitrogens with zero attached hydrogens (tertiary/aromatic N) is 1. The summed E-state index contributed by atoms with van der Waals surface area (Å²) in [6.07, 6.45) is 0. The van der Waals surface area contributed by atoms with E-state index in [1.807, 2.05) is 13.8 Å². The fourth-order valence-electron chi connectivity index (χ4n) is 1.69. The number of hydrogen-bond donors (Lipinski definition) is 2. The Balaban J connectivity index is 2.83. The van der Waals surface area contributed by atoms with Crippen LogP contribution in [0.4, 0.5) is 5.69 Å². The average molecular weight is 320 g/mol. The fraction of sp³-hybridized carbons (Fsp3) is 0.417. The fourth-order valence-corrected chi connectivity index (χ4v) is 2.95. The number of halogens is 1. The lowest BCUT2D eigenvalue weighted by molar-refractivity contribution is -0.129. The molecule has 1 rings (SSSR count). The number of carbonyl (C=O) groups is 1. The summed E-state index contributed by atoms with van der Waals surface area (Å²) in [7, 11) is -3.83. The highest BCUT2D eigenvalue weighted by molar-refractivity contribution is 7.89. The number of nitrogens with one attached hydrogen (secondary N) is 1.